The molecule has 0 radical (unpaired) electrons. The van der Waals surface area contributed by atoms with Crippen LogP contribution >= 0.6 is 0 Å². The van der Waals surface area contributed by atoms with Crippen molar-refractivity contribution >= 4 is 11.2 Å². The second kappa shape index (κ2) is 6.45. The number of hydrogen-bond acceptors (Lipinski definition) is 4. The molecule has 0 N–H and O–H groups in total. The Hall–Kier alpha value is -2.05. The van der Waals surface area contributed by atoms with Gasteiger partial charge in [0, 0.05) is 21.1 Å². The SMILES string of the molecule is CCCC1CCCCC1Oc1nc2c(c(=O)n(C)c(=O)n2C)n1C. The maximum Gasteiger partial charge on any atom is 0.332 e. The van der Waals surface area contributed by atoms with E-state index in [0.29, 0.717) is 23.1 Å². The van der Waals surface area contributed by atoms with Gasteiger partial charge in [0.25, 0.3) is 11.6 Å². The topological polar surface area (TPSA) is 71.1 Å². The predicted octanol–water partition coefficient (Wildman–Crippen LogP) is 1.71. The van der Waals surface area contributed by atoms with Gasteiger partial charge in [0.05, 0.1) is 0 Å². The predicted molar refractivity (Wildman–Crippen MR) is 92.5 cm³/mol. The molecule has 1 saturated carbocycles. The van der Waals surface area contributed by atoms with Gasteiger partial charge in [-0.15, -0.1) is 0 Å². The van der Waals surface area contributed by atoms with Gasteiger partial charge in [-0.3, -0.25) is 18.5 Å². The molecule has 0 aliphatic heterocycles. The maximum atomic E-state index is 12.4. The van der Waals surface area contributed by atoms with Gasteiger partial charge in [0.2, 0.25) is 0 Å². The van der Waals surface area contributed by atoms with Gasteiger partial charge >= 0.3 is 5.69 Å². The van der Waals surface area contributed by atoms with E-state index in [4.69, 9.17) is 4.74 Å². The summed E-state index contributed by atoms with van der Waals surface area (Å²) in [6.45, 7) is 2.19. The van der Waals surface area contributed by atoms with Gasteiger partial charge in [-0.2, -0.15) is 4.98 Å². The summed E-state index contributed by atoms with van der Waals surface area (Å²) in [5.41, 5.74) is 0.0614. The molecular weight excluding hydrogens is 308 g/mol. The van der Waals surface area contributed by atoms with E-state index in [1.165, 1.54) is 24.5 Å². The standard InChI is InChI=1S/C17H26N4O3/c1-5-8-11-9-6-7-10-12(11)24-16-18-14-13(19(16)2)15(22)21(4)17(23)20(14)3/h11-12H,5-10H2,1-4H3. The highest BCUT2D eigenvalue weighted by molar-refractivity contribution is 5.71. The number of hydrogen-bond donors (Lipinski definition) is 0. The quantitative estimate of drug-likeness (QED) is 0.853. The van der Waals surface area contributed by atoms with Gasteiger partial charge in [0.1, 0.15) is 6.10 Å². The highest BCUT2D eigenvalue weighted by Crippen LogP contribution is 2.31. The van der Waals surface area contributed by atoms with Crippen molar-refractivity contribution in [3.63, 3.8) is 0 Å². The molecule has 0 bridgehead atoms. The molecule has 0 amide bonds. The molecule has 2 aromatic rings. The van der Waals surface area contributed by atoms with Gasteiger partial charge < -0.3 is 4.74 Å². The van der Waals surface area contributed by atoms with E-state index in [2.05, 4.69) is 11.9 Å². The lowest BCUT2D eigenvalue weighted by Gasteiger charge is -2.31. The second-order valence-corrected chi connectivity index (χ2v) is 6.82. The van der Waals surface area contributed by atoms with Crippen LogP contribution in [0.25, 0.3) is 11.2 Å². The smallest absolute Gasteiger partial charge is 0.332 e. The van der Waals surface area contributed by atoms with Gasteiger partial charge in [0.15, 0.2) is 11.2 Å². The van der Waals surface area contributed by atoms with E-state index in [1.54, 1.807) is 18.7 Å². The van der Waals surface area contributed by atoms with Crippen molar-refractivity contribution in [2.75, 3.05) is 0 Å². The second-order valence-electron chi connectivity index (χ2n) is 6.82. The van der Waals surface area contributed by atoms with Crippen molar-refractivity contribution in [1.82, 2.24) is 18.7 Å². The lowest BCUT2D eigenvalue weighted by atomic mass is 9.83. The summed E-state index contributed by atoms with van der Waals surface area (Å²) in [5, 5.41) is 0. The summed E-state index contributed by atoms with van der Waals surface area (Å²) < 4.78 is 10.4. The van der Waals surface area contributed by atoms with E-state index in [9.17, 15) is 9.59 Å². The van der Waals surface area contributed by atoms with Crippen LogP contribution in [-0.2, 0) is 21.1 Å². The Kier molecular flexibility index (Phi) is 4.51. The average molecular weight is 334 g/mol. The summed E-state index contributed by atoms with van der Waals surface area (Å²) >= 11 is 0. The van der Waals surface area contributed by atoms with Crippen LogP contribution in [0, 0.1) is 5.92 Å². The van der Waals surface area contributed by atoms with E-state index >= 15 is 0 Å². The maximum absolute atomic E-state index is 12.4. The zero-order valence-electron chi connectivity index (χ0n) is 14.9. The highest BCUT2D eigenvalue weighted by atomic mass is 16.5. The molecule has 2 aromatic heterocycles. The third-order valence-electron chi connectivity index (χ3n) is 5.19. The van der Waals surface area contributed by atoms with E-state index in [-0.39, 0.29) is 17.4 Å². The molecule has 2 heterocycles. The number of ether oxygens (including phenoxy) is 1. The molecule has 7 nitrogen and oxygen atoms in total. The minimum atomic E-state index is -0.376. The third-order valence-corrected chi connectivity index (χ3v) is 5.19. The Bertz CT molecular complexity index is 859. The normalized spacial score (nSPS) is 21.3. The van der Waals surface area contributed by atoms with Gasteiger partial charge in [-0.1, -0.05) is 19.8 Å². The number of nitrogens with zero attached hydrogens (tertiary/aromatic N) is 4. The molecule has 0 saturated heterocycles. The zero-order valence-corrected chi connectivity index (χ0v) is 14.9. The number of imidazole rings is 1. The Labute approximate surface area is 140 Å². The summed E-state index contributed by atoms with van der Waals surface area (Å²) in [6.07, 6.45) is 7.04. The third kappa shape index (κ3) is 2.65. The van der Waals surface area contributed by atoms with Crippen LogP contribution in [0.5, 0.6) is 6.01 Å². The fraction of sp³-hybridized carbons (Fsp3) is 0.706. The van der Waals surface area contributed by atoms with Crippen molar-refractivity contribution in [1.29, 1.82) is 0 Å². The summed E-state index contributed by atoms with van der Waals surface area (Å²) in [7, 11) is 4.88. The van der Waals surface area contributed by atoms with Crippen LogP contribution in [0.3, 0.4) is 0 Å². The number of aryl methyl sites for hydroxylation is 2. The molecule has 1 fully saturated rings. The molecule has 1 aliphatic carbocycles. The zero-order chi connectivity index (χ0) is 17.4. The molecule has 2 atom stereocenters. The van der Waals surface area contributed by atoms with Crippen LogP contribution in [-0.4, -0.2) is 24.8 Å². The average Bonchev–Trinajstić information content (AvgIpc) is 2.90. The fourth-order valence-electron chi connectivity index (χ4n) is 3.77. The van der Waals surface area contributed by atoms with Gasteiger partial charge in [-0.25, -0.2) is 4.79 Å². The Balaban J connectivity index is 2.03. The van der Waals surface area contributed by atoms with Crippen molar-refractivity contribution < 1.29 is 4.74 Å². The lowest BCUT2D eigenvalue weighted by Crippen LogP contribution is -2.37. The summed E-state index contributed by atoms with van der Waals surface area (Å²) in [5.74, 6) is 0.537. The molecule has 7 heteroatoms. The number of rotatable bonds is 4. The highest BCUT2D eigenvalue weighted by Gasteiger charge is 2.28. The molecule has 1 aliphatic rings. The fourth-order valence-corrected chi connectivity index (χ4v) is 3.77. The van der Waals surface area contributed by atoms with Crippen molar-refractivity contribution in [2.24, 2.45) is 27.1 Å². The van der Waals surface area contributed by atoms with Crippen LogP contribution < -0.4 is 16.0 Å². The van der Waals surface area contributed by atoms with Crippen molar-refractivity contribution in [3.8, 4) is 6.01 Å². The molecule has 2 unspecified atom stereocenters. The number of aromatic nitrogens is 4. The lowest BCUT2D eigenvalue weighted by molar-refractivity contribution is 0.0755. The minimum absolute atomic E-state index is 0.134. The first-order chi connectivity index (χ1) is 11.5. The Morgan fingerprint density at radius 3 is 2.50 bits per heavy atom. The molecule has 0 spiro atoms. The minimum Gasteiger partial charge on any atom is -0.461 e. The van der Waals surface area contributed by atoms with E-state index in [0.717, 1.165) is 30.3 Å². The molecule has 24 heavy (non-hydrogen) atoms. The van der Waals surface area contributed by atoms with Crippen molar-refractivity contribution in [2.45, 2.75) is 51.6 Å². The van der Waals surface area contributed by atoms with E-state index < -0.39 is 0 Å². The molecule has 0 aromatic carbocycles. The monoisotopic (exact) mass is 334 g/mol. The largest absolute Gasteiger partial charge is 0.461 e. The van der Waals surface area contributed by atoms with Crippen LogP contribution in [0.4, 0.5) is 0 Å². The molecule has 132 valence electrons. The first-order valence-corrected chi connectivity index (χ1v) is 8.74. The number of fused-ring (bicyclic) bond motifs is 1. The summed E-state index contributed by atoms with van der Waals surface area (Å²) in [4.78, 5) is 29.0. The summed E-state index contributed by atoms with van der Waals surface area (Å²) in [6, 6.07) is 0.427. The Morgan fingerprint density at radius 1 is 1.08 bits per heavy atom. The van der Waals surface area contributed by atoms with Crippen molar-refractivity contribution in [3.05, 3.63) is 20.8 Å². The molecular formula is C17H26N4O3. The Morgan fingerprint density at radius 2 is 1.79 bits per heavy atom. The van der Waals surface area contributed by atoms with Gasteiger partial charge in [-0.05, 0) is 31.6 Å². The van der Waals surface area contributed by atoms with Crippen LogP contribution in [0.15, 0.2) is 9.59 Å². The van der Waals surface area contributed by atoms with Crippen LogP contribution in [0.2, 0.25) is 0 Å². The van der Waals surface area contributed by atoms with E-state index in [1.807, 2.05) is 0 Å². The first kappa shape index (κ1) is 16.8. The van der Waals surface area contributed by atoms with Crippen LogP contribution in [0.1, 0.15) is 45.4 Å². The molecule has 3 rings (SSSR count). The first-order valence-electron chi connectivity index (χ1n) is 8.74.